The third kappa shape index (κ3) is 5.90. The van der Waals surface area contributed by atoms with Gasteiger partial charge in [0.05, 0.1) is 18.6 Å². The normalized spacial score (nSPS) is 12.1. The monoisotopic (exact) mass is 448 g/mol. The molecule has 0 spiro atoms. The number of rotatable bonds is 10. The van der Waals surface area contributed by atoms with Gasteiger partial charge in [-0.05, 0) is 35.9 Å². The Morgan fingerprint density at radius 2 is 1.61 bits per heavy atom. The fourth-order valence-electron chi connectivity index (χ4n) is 2.26. The average Bonchev–Trinajstić information content (AvgIpc) is 2.67. The number of hydrogen-bond donors (Lipinski definition) is 2. The minimum absolute atomic E-state index is 0.0323. The van der Waals surface area contributed by atoms with Crippen LogP contribution in [-0.4, -0.2) is 44.2 Å². The number of methoxy groups -OCH3 is 2. The molecule has 0 saturated carbocycles. The molecule has 8 nitrogen and oxygen atoms in total. The highest BCUT2D eigenvalue weighted by Gasteiger charge is 2.20. The van der Waals surface area contributed by atoms with E-state index in [0.29, 0.717) is 5.56 Å². The Hall–Kier alpha value is -1.69. The van der Waals surface area contributed by atoms with E-state index in [2.05, 4.69) is 9.44 Å². The number of benzene rings is 2. The standard InChI is InChI=1S/C17H21ClN2O6S2/c1-25-10-9-19-27(21,22)15-6-3-13(4-7-15)12-20-28(23,24)17-11-14(18)5-8-16(17)26-2/h3-8,11,19-20H,9-10,12H2,1-2H3. The average molecular weight is 449 g/mol. The Morgan fingerprint density at radius 1 is 0.929 bits per heavy atom. The van der Waals surface area contributed by atoms with E-state index >= 15 is 0 Å². The summed E-state index contributed by atoms with van der Waals surface area (Å²) in [6, 6.07) is 10.2. The predicted molar refractivity (Wildman–Crippen MR) is 106 cm³/mol. The summed E-state index contributed by atoms with van der Waals surface area (Å²) in [5.41, 5.74) is 0.584. The summed E-state index contributed by atoms with van der Waals surface area (Å²) in [6.45, 7) is 0.378. The summed E-state index contributed by atoms with van der Waals surface area (Å²) in [4.78, 5) is -0.00392. The largest absolute Gasteiger partial charge is 0.495 e. The molecule has 0 aliphatic rings. The van der Waals surface area contributed by atoms with E-state index in [0.717, 1.165) is 0 Å². The molecular formula is C17H21ClN2O6S2. The summed E-state index contributed by atoms with van der Waals surface area (Å²) in [7, 11) is -4.69. The topological polar surface area (TPSA) is 111 Å². The van der Waals surface area contributed by atoms with Gasteiger partial charge in [-0.25, -0.2) is 26.3 Å². The van der Waals surface area contributed by atoms with Gasteiger partial charge in [-0.15, -0.1) is 0 Å². The van der Waals surface area contributed by atoms with Gasteiger partial charge in [0.1, 0.15) is 10.6 Å². The molecule has 2 rings (SSSR count). The van der Waals surface area contributed by atoms with Crippen LogP contribution in [0.5, 0.6) is 5.75 Å². The lowest BCUT2D eigenvalue weighted by atomic mass is 10.2. The van der Waals surface area contributed by atoms with Gasteiger partial charge in [-0.2, -0.15) is 0 Å². The first-order chi connectivity index (χ1) is 13.2. The van der Waals surface area contributed by atoms with Crippen LogP contribution in [0.1, 0.15) is 5.56 Å². The van der Waals surface area contributed by atoms with Gasteiger partial charge in [-0.1, -0.05) is 23.7 Å². The van der Waals surface area contributed by atoms with Crippen LogP contribution in [0.4, 0.5) is 0 Å². The lowest BCUT2D eigenvalue weighted by Crippen LogP contribution is -2.27. The number of nitrogens with one attached hydrogen (secondary N) is 2. The van der Waals surface area contributed by atoms with Gasteiger partial charge >= 0.3 is 0 Å². The molecule has 28 heavy (non-hydrogen) atoms. The van der Waals surface area contributed by atoms with E-state index in [1.54, 1.807) is 0 Å². The summed E-state index contributed by atoms with van der Waals surface area (Å²) in [5.74, 6) is 0.167. The Bertz CT molecular complexity index is 1010. The Labute approximate surface area is 169 Å². The van der Waals surface area contributed by atoms with E-state index in [4.69, 9.17) is 21.1 Å². The summed E-state index contributed by atoms with van der Waals surface area (Å²) >= 11 is 5.88. The molecule has 0 bridgehead atoms. The van der Waals surface area contributed by atoms with Crippen molar-refractivity contribution in [3.8, 4) is 5.75 Å². The molecule has 0 unspecified atom stereocenters. The lowest BCUT2D eigenvalue weighted by Gasteiger charge is -2.11. The van der Waals surface area contributed by atoms with Gasteiger partial charge in [0.15, 0.2) is 0 Å². The van der Waals surface area contributed by atoms with Crippen LogP contribution in [-0.2, 0) is 31.3 Å². The van der Waals surface area contributed by atoms with Gasteiger partial charge in [0, 0.05) is 25.2 Å². The van der Waals surface area contributed by atoms with Crippen LogP contribution in [0.15, 0.2) is 52.3 Å². The van der Waals surface area contributed by atoms with Crippen molar-refractivity contribution in [2.24, 2.45) is 0 Å². The number of halogens is 1. The molecule has 0 aliphatic carbocycles. The molecule has 0 saturated heterocycles. The maximum atomic E-state index is 12.5. The quantitative estimate of drug-likeness (QED) is 0.536. The zero-order valence-electron chi connectivity index (χ0n) is 15.3. The first-order valence-electron chi connectivity index (χ1n) is 8.10. The van der Waals surface area contributed by atoms with Crippen LogP contribution in [0, 0.1) is 0 Å². The predicted octanol–water partition coefficient (Wildman–Crippen LogP) is 1.75. The third-order valence-electron chi connectivity index (χ3n) is 3.71. The smallest absolute Gasteiger partial charge is 0.244 e. The fraction of sp³-hybridized carbons (Fsp3) is 0.294. The zero-order valence-corrected chi connectivity index (χ0v) is 17.7. The molecule has 0 heterocycles. The van der Waals surface area contributed by atoms with Crippen molar-refractivity contribution >= 4 is 31.6 Å². The molecule has 2 aromatic rings. The first-order valence-corrected chi connectivity index (χ1v) is 11.4. The molecule has 2 aromatic carbocycles. The minimum atomic E-state index is -3.88. The molecule has 154 valence electrons. The SMILES string of the molecule is COCCNS(=O)(=O)c1ccc(CNS(=O)(=O)c2cc(Cl)ccc2OC)cc1. The van der Waals surface area contributed by atoms with Crippen molar-refractivity contribution in [3.63, 3.8) is 0 Å². The van der Waals surface area contributed by atoms with Crippen LogP contribution < -0.4 is 14.2 Å². The Kier molecular flexibility index (Phi) is 7.81. The fourth-order valence-corrected chi connectivity index (χ4v) is 4.72. The van der Waals surface area contributed by atoms with Crippen LogP contribution in [0.3, 0.4) is 0 Å². The zero-order chi connectivity index (χ0) is 20.8. The molecule has 0 amide bonds. The van der Waals surface area contributed by atoms with Crippen molar-refractivity contribution < 1.29 is 26.3 Å². The highest BCUT2D eigenvalue weighted by atomic mass is 35.5. The van der Waals surface area contributed by atoms with Crippen LogP contribution >= 0.6 is 11.6 Å². The molecule has 0 aliphatic heterocycles. The second-order valence-electron chi connectivity index (χ2n) is 5.65. The van der Waals surface area contributed by atoms with Gasteiger partial charge in [0.25, 0.3) is 0 Å². The van der Waals surface area contributed by atoms with E-state index in [9.17, 15) is 16.8 Å². The van der Waals surface area contributed by atoms with Gasteiger partial charge in [-0.3, -0.25) is 0 Å². The first kappa shape index (κ1) is 22.6. The van der Waals surface area contributed by atoms with E-state index < -0.39 is 20.0 Å². The van der Waals surface area contributed by atoms with E-state index in [1.807, 2.05) is 0 Å². The van der Waals surface area contributed by atoms with Crippen molar-refractivity contribution in [2.45, 2.75) is 16.3 Å². The maximum absolute atomic E-state index is 12.5. The number of ether oxygens (including phenoxy) is 2. The summed E-state index contributed by atoms with van der Waals surface area (Å²) in [6.07, 6.45) is 0. The minimum Gasteiger partial charge on any atom is -0.495 e. The van der Waals surface area contributed by atoms with E-state index in [1.165, 1.54) is 56.7 Å². The Balaban J connectivity index is 2.10. The molecular weight excluding hydrogens is 428 g/mol. The lowest BCUT2D eigenvalue weighted by molar-refractivity contribution is 0.204. The second kappa shape index (κ2) is 9.68. The van der Waals surface area contributed by atoms with Gasteiger partial charge in [0.2, 0.25) is 20.0 Å². The summed E-state index contributed by atoms with van der Waals surface area (Å²) in [5, 5.41) is 0.261. The summed E-state index contributed by atoms with van der Waals surface area (Å²) < 4.78 is 64.0. The van der Waals surface area contributed by atoms with Crippen LogP contribution in [0.25, 0.3) is 0 Å². The van der Waals surface area contributed by atoms with Gasteiger partial charge < -0.3 is 9.47 Å². The number of hydrogen-bond acceptors (Lipinski definition) is 6. The number of sulfonamides is 2. The van der Waals surface area contributed by atoms with E-state index in [-0.39, 0.29) is 40.3 Å². The highest BCUT2D eigenvalue weighted by Crippen LogP contribution is 2.27. The third-order valence-corrected chi connectivity index (χ3v) is 6.85. The van der Waals surface area contributed by atoms with Crippen LogP contribution in [0.2, 0.25) is 5.02 Å². The second-order valence-corrected chi connectivity index (χ2v) is 9.59. The Morgan fingerprint density at radius 3 is 2.21 bits per heavy atom. The molecule has 2 N–H and O–H groups in total. The molecule has 11 heteroatoms. The maximum Gasteiger partial charge on any atom is 0.244 e. The van der Waals surface area contributed by atoms with Crippen molar-refractivity contribution in [2.75, 3.05) is 27.4 Å². The molecule has 0 radical (unpaired) electrons. The highest BCUT2D eigenvalue weighted by molar-refractivity contribution is 7.89. The van der Waals surface area contributed by atoms with Crippen molar-refractivity contribution in [1.82, 2.24) is 9.44 Å². The molecule has 0 atom stereocenters. The molecule has 0 aromatic heterocycles. The van der Waals surface area contributed by atoms with Crippen molar-refractivity contribution in [1.29, 1.82) is 0 Å². The molecule has 0 fully saturated rings. The van der Waals surface area contributed by atoms with Crippen molar-refractivity contribution in [3.05, 3.63) is 53.1 Å².